The number of guanidine groups is 1. The average molecular weight is 413 g/mol. The lowest BCUT2D eigenvalue weighted by molar-refractivity contribution is 0.312. The SMILES string of the molecule is CN=C(NCc1ccnc(N2CCN(C)CC2)c1)NCc1ccc(OC)c(OC)c1. The van der Waals surface area contributed by atoms with E-state index < -0.39 is 0 Å². The lowest BCUT2D eigenvalue weighted by Crippen LogP contribution is -2.44. The number of anilines is 1. The number of aliphatic imine (C=N–C) groups is 1. The van der Waals surface area contributed by atoms with Gasteiger partial charge in [-0.3, -0.25) is 4.99 Å². The van der Waals surface area contributed by atoms with E-state index in [1.54, 1.807) is 21.3 Å². The van der Waals surface area contributed by atoms with E-state index in [1.807, 2.05) is 30.5 Å². The summed E-state index contributed by atoms with van der Waals surface area (Å²) in [6.07, 6.45) is 1.88. The van der Waals surface area contributed by atoms with E-state index in [1.165, 1.54) is 5.56 Å². The van der Waals surface area contributed by atoms with Gasteiger partial charge in [0.05, 0.1) is 14.2 Å². The molecule has 0 unspecified atom stereocenters. The Bertz CT molecular complexity index is 849. The number of likely N-dealkylation sites (N-methyl/N-ethyl adjacent to an activating group) is 1. The monoisotopic (exact) mass is 412 g/mol. The first-order valence-corrected chi connectivity index (χ1v) is 10.2. The quantitative estimate of drug-likeness (QED) is 0.530. The van der Waals surface area contributed by atoms with E-state index in [2.05, 4.69) is 43.5 Å². The van der Waals surface area contributed by atoms with Crippen LogP contribution in [0, 0.1) is 0 Å². The highest BCUT2D eigenvalue weighted by Gasteiger charge is 2.15. The third-order valence-electron chi connectivity index (χ3n) is 5.23. The van der Waals surface area contributed by atoms with Gasteiger partial charge in [-0.25, -0.2) is 4.98 Å². The number of methoxy groups -OCH3 is 2. The van der Waals surface area contributed by atoms with Gasteiger partial charge in [-0.1, -0.05) is 6.07 Å². The molecule has 0 aliphatic carbocycles. The van der Waals surface area contributed by atoms with Gasteiger partial charge >= 0.3 is 0 Å². The first-order chi connectivity index (χ1) is 14.6. The topological polar surface area (TPSA) is 74.3 Å². The zero-order chi connectivity index (χ0) is 21.3. The molecule has 3 rings (SSSR count). The third kappa shape index (κ3) is 5.76. The van der Waals surface area contributed by atoms with E-state index >= 15 is 0 Å². The second-order valence-electron chi connectivity index (χ2n) is 7.28. The Morgan fingerprint density at radius 3 is 2.27 bits per heavy atom. The molecule has 1 saturated heterocycles. The molecule has 1 aliphatic heterocycles. The van der Waals surface area contributed by atoms with Crippen LogP contribution in [0.15, 0.2) is 41.5 Å². The molecule has 8 heteroatoms. The van der Waals surface area contributed by atoms with Crippen LogP contribution in [0.5, 0.6) is 11.5 Å². The minimum atomic E-state index is 0.628. The average Bonchev–Trinajstić information content (AvgIpc) is 2.79. The lowest BCUT2D eigenvalue weighted by Gasteiger charge is -2.33. The zero-order valence-corrected chi connectivity index (χ0v) is 18.3. The van der Waals surface area contributed by atoms with Crippen LogP contribution in [0.4, 0.5) is 5.82 Å². The summed E-state index contributed by atoms with van der Waals surface area (Å²) in [5.41, 5.74) is 2.25. The molecule has 1 aliphatic rings. The smallest absolute Gasteiger partial charge is 0.191 e. The van der Waals surface area contributed by atoms with E-state index in [0.29, 0.717) is 18.8 Å². The van der Waals surface area contributed by atoms with Crippen LogP contribution in [0.25, 0.3) is 0 Å². The van der Waals surface area contributed by atoms with Gasteiger partial charge in [0, 0.05) is 52.5 Å². The number of aromatic nitrogens is 1. The Labute approximate surface area is 178 Å². The van der Waals surface area contributed by atoms with Crippen molar-refractivity contribution in [1.82, 2.24) is 20.5 Å². The van der Waals surface area contributed by atoms with Gasteiger partial charge in [0.2, 0.25) is 0 Å². The number of nitrogens with zero attached hydrogens (tertiary/aromatic N) is 4. The number of pyridine rings is 1. The van der Waals surface area contributed by atoms with Crippen molar-refractivity contribution in [2.75, 3.05) is 59.4 Å². The Kier molecular flexibility index (Phi) is 7.73. The van der Waals surface area contributed by atoms with Crippen molar-refractivity contribution in [3.63, 3.8) is 0 Å². The van der Waals surface area contributed by atoms with Crippen LogP contribution in [0.1, 0.15) is 11.1 Å². The van der Waals surface area contributed by atoms with Gasteiger partial charge < -0.3 is 29.9 Å². The summed E-state index contributed by atoms with van der Waals surface area (Å²) in [5.74, 6) is 3.21. The number of hydrogen-bond acceptors (Lipinski definition) is 6. The summed E-state index contributed by atoms with van der Waals surface area (Å²) in [7, 11) is 7.20. The molecular weight excluding hydrogens is 380 g/mol. The highest BCUT2D eigenvalue weighted by Crippen LogP contribution is 2.27. The Hall–Kier alpha value is -3.00. The number of nitrogens with one attached hydrogen (secondary N) is 2. The molecule has 8 nitrogen and oxygen atoms in total. The number of piperazine rings is 1. The molecular formula is C22H32N6O2. The van der Waals surface area contributed by atoms with Crippen molar-refractivity contribution in [3.05, 3.63) is 47.7 Å². The first-order valence-electron chi connectivity index (χ1n) is 10.2. The molecule has 1 aromatic carbocycles. The Morgan fingerprint density at radius 1 is 0.967 bits per heavy atom. The maximum absolute atomic E-state index is 5.37. The van der Waals surface area contributed by atoms with Crippen molar-refractivity contribution in [2.24, 2.45) is 4.99 Å². The summed E-state index contributed by atoms with van der Waals surface area (Å²) < 4.78 is 10.7. The van der Waals surface area contributed by atoms with Crippen LogP contribution in [0.3, 0.4) is 0 Å². The standard InChI is InChI=1S/C22H32N6O2/c1-23-22(25-15-17-5-6-19(29-3)20(13-17)30-4)26-16-18-7-8-24-21(14-18)28-11-9-27(2)10-12-28/h5-8,13-14H,9-12,15-16H2,1-4H3,(H2,23,25,26). The summed E-state index contributed by atoms with van der Waals surface area (Å²) in [5, 5.41) is 6.71. The Morgan fingerprint density at radius 2 is 1.63 bits per heavy atom. The summed E-state index contributed by atoms with van der Waals surface area (Å²) in [4.78, 5) is 13.6. The van der Waals surface area contributed by atoms with Crippen LogP contribution >= 0.6 is 0 Å². The number of rotatable bonds is 7. The predicted octanol–water partition coefficient (Wildman–Crippen LogP) is 1.72. The van der Waals surface area contributed by atoms with Crippen molar-refractivity contribution < 1.29 is 9.47 Å². The van der Waals surface area contributed by atoms with Gasteiger partial charge in [0.25, 0.3) is 0 Å². The molecule has 1 fully saturated rings. The second-order valence-corrected chi connectivity index (χ2v) is 7.28. The maximum atomic E-state index is 5.37. The minimum absolute atomic E-state index is 0.628. The number of hydrogen-bond donors (Lipinski definition) is 2. The molecule has 1 aromatic heterocycles. The number of benzene rings is 1. The maximum Gasteiger partial charge on any atom is 0.191 e. The van der Waals surface area contributed by atoms with Gasteiger partial charge in [-0.2, -0.15) is 0 Å². The van der Waals surface area contributed by atoms with Gasteiger partial charge in [0.15, 0.2) is 17.5 Å². The molecule has 2 heterocycles. The second kappa shape index (κ2) is 10.7. The highest BCUT2D eigenvalue weighted by molar-refractivity contribution is 5.79. The van der Waals surface area contributed by atoms with Crippen LogP contribution in [0.2, 0.25) is 0 Å². The molecule has 2 N–H and O–H groups in total. The summed E-state index contributed by atoms with van der Waals surface area (Å²) in [6, 6.07) is 10.1. The van der Waals surface area contributed by atoms with Crippen molar-refractivity contribution >= 4 is 11.8 Å². The van der Waals surface area contributed by atoms with Crippen molar-refractivity contribution in [2.45, 2.75) is 13.1 Å². The molecule has 2 aromatic rings. The van der Waals surface area contributed by atoms with Crippen LogP contribution in [-0.2, 0) is 13.1 Å². The first kappa shape index (κ1) is 21.7. The molecule has 0 radical (unpaired) electrons. The molecule has 0 saturated carbocycles. The fraction of sp³-hybridized carbons (Fsp3) is 0.455. The zero-order valence-electron chi connectivity index (χ0n) is 18.3. The molecule has 0 atom stereocenters. The van der Waals surface area contributed by atoms with Gasteiger partial charge in [-0.15, -0.1) is 0 Å². The van der Waals surface area contributed by atoms with E-state index in [4.69, 9.17) is 9.47 Å². The molecule has 0 spiro atoms. The fourth-order valence-electron chi connectivity index (χ4n) is 3.36. The lowest BCUT2D eigenvalue weighted by atomic mass is 10.2. The highest BCUT2D eigenvalue weighted by atomic mass is 16.5. The molecule has 162 valence electrons. The van der Waals surface area contributed by atoms with E-state index in [0.717, 1.165) is 49.3 Å². The molecule has 0 bridgehead atoms. The van der Waals surface area contributed by atoms with Crippen LogP contribution < -0.4 is 25.0 Å². The minimum Gasteiger partial charge on any atom is -0.493 e. The predicted molar refractivity (Wildman–Crippen MR) is 121 cm³/mol. The normalized spacial score (nSPS) is 15.1. The summed E-state index contributed by atoms with van der Waals surface area (Å²) in [6.45, 7) is 5.45. The largest absolute Gasteiger partial charge is 0.493 e. The summed E-state index contributed by atoms with van der Waals surface area (Å²) >= 11 is 0. The van der Waals surface area contributed by atoms with Crippen molar-refractivity contribution in [1.29, 1.82) is 0 Å². The van der Waals surface area contributed by atoms with Crippen molar-refractivity contribution in [3.8, 4) is 11.5 Å². The number of ether oxygens (including phenoxy) is 2. The van der Waals surface area contributed by atoms with Gasteiger partial charge in [0.1, 0.15) is 5.82 Å². The molecule has 0 amide bonds. The van der Waals surface area contributed by atoms with Gasteiger partial charge in [-0.05, 0) is 42.4 Å². The fourth-order valence-corrected chi connectivity index (χ4v) is 3.36. The third-order valence-corrected chi connectivity index (χ3v) is 5.23. The molecule has 30 heavy (non-hydrogen) atoms. The van der Waals surface area contributed by atoms with Crippen LogP contribution in [-0.4, -0.2) is 70.3 Å². The van der Waals surface area contributed by atoms with E-state index in [-0.39, 0.29) is 0 Å². The van der Waals surface area contributed by atoms with E-state index in [9.17, 15) is 0 Å². The Balaban J connectivity index is 1.54.